The Balaban J connectivity index is 2.38. The number of hydrogen-bond donors (Lipinski definition) is 0. The van der Waals surface area contributed by atoms with Crippen LogP contribution in [0, 0.1) is 0 Å². The summed E-state index contributed by atoms with van der Waals surface area (Å²) in [4.78, 5) is 37.0. The molecule has 0 radical (unpaired) electrons. The van der Waals surface area contributed by atoms with Crippen molar-refractivity contribution in [3.8, 4) is 5.75 Å². The van der Waals surface area contributed by atoms with Gasteiger partial charge in [0.2, 0.25) is 6.79 Å². The molecule has 1 aromatic carbocycles. The molecule has 0 amide bonds. The van der Waals surface area contributed by atoms with Crippen molar-refractivity contribution in [1.29, 1.82) is 0 Å². The van der Waals surface area contributed by atoms with E-state index >= 15 is 0 Å². The van der Waals surface area contributed by atoms with E-state index in [0.29, 0.717) is 28.3 Å². The van der Waals surface area contributed by atoms with Gasteiger partial charge in [-0.15, -0.1) is 0 Å². The van der Waals surface area contributed by atoms with Gasteiger partial charge < -0.3 is 23.8 Å². The number of esters is 3. The zero-order chi connectivity index (χ0) is 20.8. The molecule has 8 nitrogen and oxygen atoms in total. The summed E-state index contributed by atoms with van der Waals surface area (Å²) in [6.45, 7) is 4.68. The van der Waals surface area contributed by atoms with Crippen LogP contribution in [0.3, 0.4) is 0 Å². The van der Waals surface area contributed by atoms with E-state index in [9.17, 15) is 14.4 Å². The quantitative estimate of drug-likeness (QED) is 0.417. The normalized spacial score (nSPS) is 14.0. The van der Waals surface area contributed by atoms with Crippen LogP contribution >= 0.6 is 0 Å². The highest BCUT2D eigenvalue weighted by molar-refractivity contribution is 5.98. The molecule has 0 N–H and O–H groups in total. The molecule has 1 aromatic rings. The Hall–Kier alpha value is -3.29. The van der Waals surface area contributed by atoms with Gasteiger partial charge in [0.05, 0.1) is 25.4 Å². The van der Waals surface area contributed by atoms with E-state index in [0.717, 1.165) is 5.69 Å². The highest BCUT2D eigenvalue weighted by Gasteiger charge is 2.31. The molecule has 0 unspecified atom stereocenters. The Morgan fingerprint density at radius 2 is 1.43 bits per heavy atom. The lowest BCUT2D eigenvalue weighted by Crippen LogP contribution is -2.30. The van der Waals surface area contributed by atoms with E-state index in [-0.39, 0.29) is 13.2 Å². The van der Waals surface area contributed by atoms with Crippen molar-refractivity contribution in [2.24, 2.45) is 0 Å². The van der Waals surface area contributed by atoms with Gasteiger partial charge in [0.1, 0.15) is 5.75 Å². The maximum Gasteiger partial charge on any atom is 0.335 e. The molecule has 0 aromatic heterocycles. The minimum atomic E-state index is -0.502. The third kappa shape index (κ3) is 4.51. The second-order valence-corrected chi connectivity index (χ2v) is 6.02. The second-order valence-electron chi connectivity index (χ2n) is 6.02. The number of allylic oxidation sites excluding steroid dienone is 2. The first-order chi connectivity index (χ1) is 13.3. The fourth-order valence-corrected chi connectivity index (χ4v) is 2.90. The summed E-state index contributed by atoms with van der Waals surface area (Å²) in [7, 11) is 2.59. The van der Waals surface area contributed by atoms with Crippen molar-refractivity contribution in [2.75, 3.05) is 25.9 Å². The first-order valence-electron chi connectivity index (χ1n) is 8.52. The summed E-state index contributed by atoms with van der Waals surface area (Å²) in [5.74, 6) is -0.931. The topological polar surface area (TPSA) is 91.4 Å². The number of benzene rings is 1. The minimum absolute atomic E-state index is 0.136. The predicted molar refractivity (Wildman–Crippen MR) is 100 cm³/mol. The van der Waals surface area contributed by atoms with E-state index < -0.39 is 17.9 Å². The molecular formula is C20H23NO7. The molecule has 1 aliphatic heterocycles. The van der Waals surface area contributed by atoms with Crippen LogP contribution in [-0.2, 0) is 28.6 Å². The molecule has 0 saturated carbocycles. The van der Waals surface area contributed by atoms with Crippen LogP contribution < -0.4 is 9.64 Å². The van der Waals surface area contributed by atoms with Crippen molar-refractivity contribution in [3.05, 3.63) is 46.8 Å². The second kappa shape index (κ2) is 9.07. The van der Waals surface area contributed by atoms with Crippen LogP contribution in [0.1, 0.15) is 27.2 Å². The van der Waals surface area contributed by atoms with E-state index in [2.05, 4.69) is 0 Å². The standard InChI is InChI=1S/C20H23NO7/c1-12-17(19(23)25-4)10-18(20(24)26-5)13(2)21(12)15-6-8-16(9-7-15)28-11-27-14(3)22/h6-9H,10-11H2,1-5H3. The lowest BCUT2D eigenvalue weighted by molar-refractivity contribution is -0.147. The average Bonchev–Trinajstić information content (AvgIpc) is 2.68. The molecule has 8 heteroatoms. The zero-order valence-corrected chi connectivity index (χ0v) is 16.5. The Kier molecular flexibility index (Phi) is 6.81. The Bertz CT molecular complexity index is 799. The number of nitrogens with zero attached hydrogens (tertiary/aromatic N) is 1. The molecule has 0 spiro atoms. The van der Waals surface area contributed by atoms with Gasteiger partial charge in [-0.1, -0.05) is 0 Å². The lowest BCUT2D eigenvalue weighted by atomic mass is 9.96. The van der Waals surface area contributed by atoms with Gasteiger partial charge in [0.15, 0.2) is 0 Å². The maximum absolute atomic E-state index is 12.2. The molecule has 0 saturated heterocycles. The zero-order valence-electron chi connectivity index (χ0n) is 16.5. The highest BCUT2D eigenvalue weighted by atomic mass is 16.7. The fourth-order valence-electron chi connectivity index (χ4n) is 2.90. The smallest absolute Gasteiger partial charge is 0.335 e. The highest BCUT2D eigenvalue weighted by Crippen LogP contribution is 2.36. The molecule has 150 valence electrons. The van der Waals surface area contributed by atoms with Crippen molar-refractivity contribution >= 4 is 23.6 Å². The van der Waals surface area contributed by atoms with Crippen LogP contribution in [0.5, 0.6) is 5.75 Å². The molecule has 0 atom stereocenters. The minimum Gasteiger partial charge on any atom is -0.466 e. The largest absolute Gasteiger partial charge is 0.466 e. The van der Waals surface area contributed by atoms with Crippen molar-refractivity contribution in [3.63, 3.8) is 0 Å². The summed E-state index contributed by atoms with van der Waals surface area (Å²) >= 11 is 0. The summed E-state index contributed by atoms with van der Waals surface area (Å²) in [6.07, 6.45) is 0.136. The number of ether oxygens (including phenoxy) is 4. The van der Waals surface area contributed by atoms with Crippen molar-refractivity contribution < 1.29 is 33.3 Å². The van der Waals surface area contributed by atoms with Gasteiger partial charge >= 0.3 is 17.9 Å². The molecule has 28 heavy (non-hydrogen) atoms. The summed E-state index contributed by atoms with van der Waals surface area (Å²) < 4.78 is 19.8. The number of anilines is 1. The van der Waals surface area contributed by atoms with Crippen LogP contribution in [0.2, 0.25) is 0 Å². The van der Waals surface area contributed by atoms with Crippen molar-refractivity contribution in [1.82, 2.24) is 0 Å². The molecular weight excluding hydrogens is 366 g/mol. The number of rotatable bonds is 6. The van der Waals surface area contributed by atoms with E-state index in [1.165, 1.54) is 21.1 Å². The Morgan fingerprint density at radius 3 is 1.86 bits per heavy atom. The van der Waals surface area contributed by atoms with Crippen LogP contribution in [-0.4, -0.2) is 38.9 Å². The van der Waals surface area contributed by atoms with Gasteiger partial charge in [-0.05, 0) is 38.1 Å². The molecule has 1 heterocycles. The average molecular weight is 389 g/mol. The monoisotopic (exact) mass is 389 g/mol. The van der Waals surface area contributed by atoms with Gasteiger partial charge in [0, 0.05) is 30.4 Å². The third-order valence-corrected chi connectivity index (χ3v) is 4.34. The first-order valence-corrected chi connectivity index (χ1v) is 8.52. The van der Waals surface area contributed by atoms with Gasteiger partial charge in [-0.25, -0.2) is 9.59 Å². The lowest BCUT2D eigenvalue weighted by Gasteiger charge is -2.33. The van der Waals surface area contributed by atoms with Crippen LogP contribution in [0.25, 0.3) is 0 Å². The molecule has 2 rings (SSSR count). The van der Waals surface area contributed by atoms with Crippen LogP contribution in [0.15, 0.2) is 46.8 Å². The molecule has 0 bridgehead atoms. The fraction of sp³-hybridized carbons (Fsp3) is 0.350. The molecule has 0 aliphatic carbocycles. The SMILES string of the molecule is COC(=O)C1=C(C)N(c2ccc(OCOC(C)=O)cc2)C(C)=C(C(=O)OC)C1. The molecule has 0 fully saturated rings. The Morgan fingerprint density at radius 1 is 0.929 bits per heavy atom. The third-order valence-electron chi connectivity index (χ3n) is 4.34. The van der Waals surface area contributed by atoms with Gasteiger partial charge in [-0.2, -0.15) is 0 Å². The van der Waals surface area contributed by atoms with E-state index in [1.54, 1.807) is 43.0 Å². The summed E-state index contributed by atoms with van der Waals surface area (Å²) in [5.41, 5.74) is 2.79. The summed E-state index contributed by atoms with van der Waals surface area (Å²) in [6, 6.07) is 6.93. The van der Waals surface area contributed by atoms with Crippen LogP contribution in [0.4, 0.5) is 5.69 Å². The number of carbonyl (C=O) groups excluding carboxylic acids is 3. The maximum atomic E-state index is 12.2. The van der Waals surface area contributed by atoms with E-state index in [1.807, 2.05) is 0 Å². The summed E-state index contributed by atoms with van der Waals surface area (Å²) in [5, 5.41) is 0. The predicted octanol–water partition coefficient (Wildman–Crippen LogP) is 2.69. The number of carbonyl (C=O) groups is 3. The molecule has 1 aliphatic rings. The number of hydrogen-bond acceptors (Lipinski definition) is 8. The van der Waals surface area contributed by atoms with Gasteiger partial charge in [-0.3, -0.25) is 4.79 Å². The number of methoxy groups -OCH3 is 2. The first kappa shape index (κ1) is 21.0. The van der Waals surface area contributed by atoms with Gasteiger partial charge in [0.25, 0.3) is 0 Å². The van der Waals surface area contributed by atoms with Crippen molar-refractivity contribution in [2.45, 2.75) is 27.2 Å². The Labute approximate surface area is 163 Å². The van der Waals surface area contributed by atoms with E-state index in [4.69, 9.17) is 18.9 Å².